The van der Waals surface area contributed by atoms with Gasteiger partial charge in [0.25, 0.3) is 0 Å². The highest BCUT2D eigenvalue weighted by molar-refractivity contribution is 7.89. The molecular weight excluding hydrogens is 316 g/mol. The third kappa shape index (κ3) is 6.00. The zero-order valence-corrected chi connectivity index (χ0v) is 14.2. The molecule has 0 saturated carbocycles. The van der Waals surface area contributed by atoms with Crippen LogP contribution in [-0.2, 0) is 19.5 Å². The van der Waals surface area contributed by atoms with Gasteiger partial charge in [-0.05, 0) is 38.6 Å². The molecule has 126 valence electrons. The summed E-state index contributed by atoms with van der Waals surface area (Å²) in [5.74, 6) is 0.0655. The maximum absolute atomic E-state index is 12.1. The fraction of sp³-hybridized carbons (Fsp3) is 1.00. The van der Waals surface area contributed by atoms with Crippen molar-refractivity contribution < 1.29 is 17.9 Å². The molecule has 0 aliphatic carbocycles. The van der Waals surface area contributed by atoms with E-state index in [0.717, 1.165) is 38.6 Å². The summed E-state index contributed by atoms with van der Waals surface area (Å²) in [5.41, 5.74) is -0.255. The van der Waals surface area contributed by atoms with Gasteiger partial charge in [0.2, 0.25) is 10.0 Å². The Morgan fingerprint density at radius 1 is 1.38 bits per heavy atom. The summed E-state index contributed by atoms with van der Waals surface area (Å²) in [5, 5.41) is 3.36. The molecule has 2 aliphatic rings. The molecular formula is C13H27ClN2O4S. The first-order valence-corrected chi connectivity index (χ1v) is 9.03. The van der Waals surface area contributed by atoms with Crippen LogP contribution >= 0.6 is 12.4 Å². The molecule has 2 N–H and O–H groups in total. The monoisotopic (exact) mass is 342 g/mol. The van der Waals surface area contributed by atoms with Gasteiger partial charge >= 0.3 is 0 Å². The summed E-state index contributed by atoms with van der Waals surface area (Å²) < 4.78 is 37.7. The third-order valence-corrected chi connectivity index (χ3v) is 5.46. The van der Waals surface area contributed by atoms with Gasteiger partial charge in [0.15, 0.2) is 0 Å². The van der Waals surface area contributed by atoms with E-state index in [-0.39, 0.29) is 29.8 Å². The van der Waals surface area contributed by atoms with Crippen LogP contribution < -0.4 is 10.0 Å². The molecule has 2 fully saturated rings. The normalized spacial score (nSPS) is 30.0. The predicted molar refractivity (Wildman–Crippen MR) is 84.5 cm³/mol. The van der Waals surface area contributed by atoms with E-state index >= 15 is 0 Å². The number of nitrogens with one attached hydrogen (secondary N) is 2. The van der Waals surface area contributed by atoms with E-state index in [0.29, 0.717) is 19.8 Å². The number of ether oxygens (including phenoxy) is 2. The number of sulfonamides is 1. The lowest BCUT2D eigenvalue weighted by Crippen LogP contribution is -2.53. The van der Waals surface area contributed by atoms with E-state index in [4.69, 9.17) is 9.47 Å². The number of hydrogen-bond acceptors (Lipinski definition) is 5. The smallest absolute Gasteiger partial charge is 0.214 e. The second kappa shape index (κ2) is 8.64. The Bertz CT molecular complexity index is 393. The van der Waals surface area contributed by atoms with Crippen LogP contribution in [0.25, 0.3) is 0 Å². The van der Waals surface area contributed by atoms with Crippen LogP contribution in [0, 0.1) is 0 Å². The standard InChI is InChI=1S/C13H26N2O4S.ClH/c1-18-11-13(6-4-7-14-13)10-15-20(16,17)9-12-5-2-3-8-19-12;/h12,14-15H,2-11H2,1H3;1H. The number of methoxy groups -OCH3 is 1. The quantitative estimate of drug-likeness (QED) is 0.711. The Morgan fingerprint density at radius 2 is 2.19 bits per heavy atom. The van der Waals surface area contributed by atoms with E-state index in [1.165, 1.54) is 0 Å². The van der Waals surface area contributed by atoms with E-state index in [2.05, 4.69) is 10.0 Å². The molecule has 0 amide bonds. The molecule has 0 bridgehead atoms. The van der Waals surface area contributed by atoms with Crippen LogP contribution in [0.1, 0.15) is 32.1 Å². The zero-order valence-electron chi connectivity index (χ0n) is 12.6. The van der Waals surface area contributed by atoms with Gasteiger partial charge in [0, 0.05) is 20.3 Å². The van der Waals surface area contributed by atoms with Crippen molar-refractivity contribution in [3.63, 3.8) is 0 Å². The second-order valence-electron chi connectivity index (χ2n) is 5.83. The van der Waals surface area contributed by atoms with Gasteiger partial charge in [-0.25, -0.2) is 13.1 Å². The molecule has 2 atom stereocenters. The van der Waals surface area contributed by atoms with Crippen LogP contribution in [0.15, 0.2) is 0 Å². The summed E-state index contributed by atoms with van der Waals surface area (Å²) in [6, 6.07) is 0. The summed E-state index contributed by atoms with van der Waals surface area (Å²) in [4.78, 5) is 0. The number of halogens is 1. The zero-order chi connectivity index (χ0) is 14.5. The lowest BCUT2D eigenvalue weighted by Gasteiger charge is -2.29. The highest BCUT2D eigenvalue weighted by atomic mass is 35.5. The lowest BCUT2D eigenvalue weighted by atomic mass is 9.99. The Hall–Kier alpha value is 0.0800. The molecule has 0 spiro atoms. The molecule has 2 saturated heterocycles. The van der Waals surface area contributed by atoms with Crippen LogP contribution in [0.5, 0.6) is 0 Å². The fourth-order valence-electron chi connectivity index (χ4n) is 2.96. The predicted octanol–water partition coefficient (Wildman–Crippen LogP) is 0.665. The minimum atomic E-state index is -3.30. The summed E-state index contributed by atoms with van der Waals surface area (Å²) in [6.07, 6.45) is 4.75. The van der Waals surface area contributed by atoms with Crippen LogP contribution in [-0.4, -0.2) is 59.2 Å². The number of hydrogen-bond donors (Lipinski definition) is 2. The highest BCUT2D eigenvalue weighted by Crippen LogP contribution is 2.19. The Balaban J connectivity index is 0.00000220. The van der Waals surface area contributed by atoms with E-state index in [1.807, 2.05) is 0 Å². The minimum absolute atomic E-state index is 0. The lowest BCUT2D eigenvalue weighted by molar-refractivity contribution is 0.0303. The SMILES string of the molecule is COCC1(CNS(=O)(=O)CC2CCCCO2)CCCN1.Cl. The Labute approximate surface area is 133 Å². The first kappa shape index (κ1) is 19.1. The van der Waals surface area contributed by atoms with Crippen molar-refractivity contribution in [1.29, 1.82) is 0 Å². The average Bonchev–Trinajstić information content (AvgIpc) is 2.87. The van der Waals surface area contributed by atoms with Crippen molar-refractivity contribution in [1.82, 2.24) is 10.0 Å². The summed E-state index contributed by atoms with van der Waals surface area (Å²) in [7, 11) is -1.65. The molecule has 0 aromatic rings. The van der Waals surface area contributed by atoms with Crippen molar-refractivity contribution in [3.8, 4) is 0 Å². The largest absolute Gasteiger partial charge is 0.383 e. The molecule has 6 nitrogen and oxygen atoms in total. The fourth-order valence-corrected chi connectivity index (χ4v) is 4.33. The van der Waals surface area contributed by atoms with Crippen LogP contribution in [0.3, 0.4) is 0 Å². The van der Waals surface area contributed by atoms with Crippen molar-refractivity contribution in [2.45, 2.75) is 43.7 Å². The van der Waals surface area contributed by atoms with Gasteiger partial charge < -0.3 is 14.8 Å². The van der Waals surface area contributed by atoms with Crippen molar-refractivity contribution in [3.05, 3.63) is 0 Å². The van der Waals surface area contributed by atoms with E-state index in [9.17, 15) is 8.42 Å². The summed E-state index contributed by atoms with van der Waals surface area (Å²) >= 11 is 0. The van der Waals surface area contributed by atoms with Gasteiger partial charge in [-0.2, -0.15) is 0 Å². The average molecular weight is 343 g/mol. The van der Waals surface area contributed by atoms with Gasteiger partial charge in [0.05, 0.1) is 24.0 Å². The maximum atomic E-state index is 12.1. The van der Waals surface area contributed by atoms with Gasteiger partial charge in [0.1, 0.15) is 0 Å². The van der Waals surface area contributed by atoms with Crippen molar-refractivity contribution in [2.75, 3.05) is 39.2 Å². The van der Waals surface area contributed by atoms with Gasteiger partial charge in [-0.15, -0.1) is 12.4 Å². The van der Waals surface area contributed by atoms with Crippen LogP contribution in [0.2, 0.25) is 0 Å². The molecule has 2 rings (SSSR count). The van der Waals surface area contributed by atoms with Crippen molar-refractivity contribution in [2.24, 2.45) is 0 Å². The van der Waals surface area contributed by atoms with Crippen molar-refractivity contribution >= 4 is 22.4 Å². The second-order valence-corrected chi connectivity index (χ2v) is 7.69. The maximum Gasteiger partial charge on any atom is 0.214 e. The summed E-state index contributed by atoms with van der Waals surface area (Å²) in [6.45, 7) is 2.50. The first-order valence-electron chi connectivity index (χ1n) is 7.38. The Kier molecular flexibility index (Phi) is 7.87. The van der Waals surface area contributed by atoms with Gasteiger partial charge in [-0.3, -0.25) is 0 Å². The Morgan fingerprint density at radius 3 is 2.76 bits per heavy atom. The first-order chi connectivity index (χ1) is 9.55. The molecule has 2 aliphatic heterocycles. The molecule has 2 heterocycles. The van der Waals surface area contributed by atoms with Crippen LogP contribution in [0.4, 0.5) is 0 Å². The molecule has 0 aromatic heterocycles. The van der Waals surface area contributed by atoms with Gasteiger partial charge in [-0.1, -0.05) is 0 Å². The molecule has 0 radical (unpaired) electrons. The topological polar surface area (TPSA) is 76.7 Å². The molecule has 2 unspecified atom stereocenters. The number of rotatable bonds is 7. The highest BCUT2D eigenvalue weighted by Gasteiger charge is 2.35. The minimum Gasteiger partial charge on any atom is -0.383 e. The molecule has 8 heteroatoms. The van der Waals surface area contributed by atoms with E-state index < -0.39 is 10.0 Å². The molecule has 0 aromatic carbocycles. The van der Waals surface area contributed by atoms with E-state index in [1.54, 1.807) is 7.11 Å². The third-order valence-electron chi connectivity index (χ3n) is 4.06. The molecule has 21 heavy (non-hydrogen) atoms.